The number of hydrogen-bond acceptors (Lipinski definition) is 4. The molecule has 90 valence electrons. The highest BCUT2D eigenvalue weighted by Crippen LogP contribution is 2.10. The molecule has 1 heterocycles. The first-order valence-electron chi connectivity index (χ1n) is 5.90. The number of aromatic nitrogens is 2. The van der Waals surface area contributed by atoms with Crippen molar-refractivity contribution >= 4 is 0 Å². The molecule has 0 saturated heterocycles. The summed E-state index contributed by atoms with van der Waals surface area (Å²) in [5.41, 5.74) is 0. The van der Waals surface area contributed by atoms with E-state index in [0.29, 0.717) is 0 Å². The fraction of sp³-hybridized carbons (Fsp3) is 0.667. The van der Waals surface area contributed by atoms with E-state index in [-0.39, 0.29) is 6.04 Å². The van der Waals surface area contributed by atoms with Crippen molar-refractivity contribution in [1.82, 2.24) is 15.3 Å². The van der Waals surface area contributed by atoms with Gasteiger partial charge in [0.15, 0.2) is 0 Å². The fourth-order valence-corrected chi connectivity index (χ4v) is 1.44. The van der Waals surface area contributed by atoms with Crippen molar-refractivity contribution in [1.29, 1.82) is 0 Å². The molecule has 1 rings (SSSR count). The Morgan fingerprint density at radius 2 is 2.06 bits per heavy atom. The third kappa shape index (κ3) is 4.68. The Morgan fingerprint density at radius 3 is 2.69 bits per heavy atom. The molecule has 0 aromatic carbocycles. The molecule has 0 amide bonds. The van der Waals surface area contributed by atoms with Gasteiger partial charge in [-0.1, -0.05) is 13.3 Å². The highest BCUT2D eigenvalue weighted by atomic mass is 16.5. The van der Waals surface area contributed by atoms with Crippen LogP contribution in [0.4, 0.5) is 0 Å². The van der Waals surface area contributed by atoms with Gasteiger partial charge in [0.25, 0.3) is 0 Å². The molecule has 0 saturated carbocycles. The minimum atomic E-state index is 0.183. The van der Waals surface area contributed by atoms with Gasteiger partial charge in [0, 0.05) is 25.6 Å². The predicted molar refractivity (Wildman–Crippen MR) is 64.2 cm³/mol. The summed E-state index contributed by atoms with van der Waals surface area (Å²) in [6.45, 7) is 3.77. The van der Waals surface area contributed by atoms with Crippen LogP contribution in [0.25, 0.3) is 0 Å². The lowest BCUT2D eigenvalue weighted by Crippen LogP contribution is -2.20. The zero-order chi connectivity index (χ0) is 11.6. The lowest BCUT2D eigenvalue weighted by molar-refractivity contribution is 0.121. The molecule has 1 unspecified atom stereocenters. The van der Waals surface area contributed by atoms with E-state index in [1.54, 1.807) is 12.4 Å². The number of ether oxygens (including phenoxy) is 1. The second-order valence-electron chi connectivity index (χ2n) is 3.70. The van der Waals surface area contributed by atoms with E-state index in [1.165, 1.54) is 6.42 Å². The molecule has 16 heavy (non-hydrogen) atoms. The van der Waals surface area contributed by atoms with Crippen LogP contribution >= 0.6 is 0 Å². The SMILES string of the molecule is CCCCOCCC(NC)c1ncccn1. The smallest absolute Gasteiger partial charge is 0.145 e. The van der Waals surface area contributed by atoms with Gasteiger partial charge in [-0.3, -0.25) is 0 Å². The van der Waals surface area contributed by atoms with Crippen molar-refractivity contribution in [2.45, 2.75) is 32.2 Å². The average molecular weight is 223 g/mol. The van der Waals surface area contributed by atoms with Gasteiger partial charge in [-0.15, -0.1) is 0 Å². The Morgan fingerprint density at radius 1 is 1.31 bits per heavy atom. The summed E-state index contributed by atoms with van der Waals surface area (Å²) in [4.78, 5) is 8.47. The van der Waals surface area contributed by atoms with Gasteiger partial charge in [-0.2, -0.15) is 0 Å². The maximum Gasteiger partial charge on any atom is 0.145 e. The zero-order valence-electron chi connectivity index (χ0n) is 10.1. The molecule has 0 spiro atoms. The van der Waals surface area contributed by atoms with Crippen LogP contribution in [-0.4, -0.2) is 30.2 Å². The lowest BCUT2D eigenvalue weighted by atomic mass is 10.2. The van der Waals surface area contributed by atoms with Gasteiger partial charge in [-0.05, 0) is 26.0 Å². The van der Waals surface area contributed by atoms with Crippen LogP contribution in [0, 0.1) is 0 Å². The Bertz CT molecular complexity index is 266. The first kappa shape index (κ1) is 13.1. The Kier molecular flexibility index (Phi) is 6.69. The van der Waals surface area contributed by atoms with Crippen LogP contribution in [-0.2, 0) is 4.74 Å². The van der Waals surface area contributed by atoms with E-state index >= 15 is 0 Å². The summed E-state index contributed by atoms with van der Waals surface area (Å²) in [5, 5.41) is 3.20. The molecule has 0 aliphatic carbocycles. The van der Waals surface area contributed by atoms with E-state index in [0.717, 1.165) is 31.9 Å². The summed E-state index contributed by atoms with van der Waals surface area (Å²) < 4.78 is 5.53. The van der Waals surface area contributed by atoms with Gasteiger partial charge in [0.05, 0.1) is 6.04 Å². The molecule has 1 atom stereocenters. The second kappa shape index (κ2) is 8.19. The molecule has 1 N–H and O–H groups in total. The van der Waals surface area contributed by atoms with E-state index in [2.05, 4.69) is 22.2 Å². The molecular formula is C12H21N3O. The van der Waals surface area contributed by atoms with Gasteiger partial charge >= 0.3 is 0 Å². The van der Waals surface area contributed by atoms with Crippen LogP contribution in [0.3, 0.4) is 0 Å². The Hall–Kier alpha value is -1.00. The van der Waals surface area contributed by atoms with E-state index in [1.807, 2.05) is 13.1 Å². The number of hydrogen-bond donors (Lipinski definition) is 1. The minimum absolute atomic E-state index is 0.183. The van der Waals surface area contributed by atoms with Gasteiger partial charge < -0.3 is 10.1 Å². The largest absolute Gasteiger partial charge is 0.381 e. The molecular weight excluding hydrogens is 202 g/mol. The molecule has 0 radical (unpaired) electrons. The molecule has 0 fully saturated rings. The van der Waals surface area contributed by atoms with Crippen LogP contribution < -0.4 is 5.32 Å². The number of nitrogens with one attached hydrogen (secondary N) is 1. The zero-order valence-corrected chi connectivity index (χ0v) is 10.1. The number of unbranched alkanes of at least 4 members (excludes halogenated alkanes) is 1. The van der Waals surface area contributed by atoms with Crippen molar-refractivity contribution < 1.29 is 4.74 Å². The number of nitrogens with zero attached hydrogens (tertiary/aromatic N) is 2. The first-order chi connectivity index (χ1) is 7.88. The molecule has 0 aliphatic heterocycles. The first-order valence-corrected chi connectivity index (χ1v) is 5.90. The highest BCUT2D eigenvalue weighted by Gasteiger charge is 2.10. The van der Waals surface area contributed by atoms with Crippen LogP contribution in [0.5, 0.6) is 0 Å². The van der Waals surface area contributed by atoms with Gasteiger partial charge in [0.1, 0.15) is 5.82 Å². The molecule has 1 aromatic rings. The summed E-state index contributed by atoms with van der Waals surface area (Å²) in [5.74, 6) is 0.837. The van der Waals surface area contributed by atoms with Crippen molar-refractivity contribution in [2.24, 2.45) is 0 Å². The molecule has 4 nitrogen and oxygen atoms in total. The van der Waals surface area contributed by atoms with Crippen molar-refractivity contribution in [3.63, 3.8) is 0 Å². The van der Waals surface area contributed by atoms with Crippen LogP contribution in [0.2, 0.25) is 0 Å². The van der Waals surface area contributed by atoms with Crippen molar-refractivity contribution in [2.75, 3.05) is 20.3 Å². The van der Waals surface area contributed by atoms with E-state index in [4.69, 9.17) is 4.74 Å². The highest BCUT2D eigenvalue weighted by molar-refractivity contribution is 4.95. The minimum Gasteiger partial charge on any atom is -0.381 e. The normalized spacial score (nSPS) is 12.6. The topological polar surface area (TPSA) is 47.0 Å². The molecule has 1 aromatic heterocycles. The third-order valence-electron chi connectivity index (χ3n) is 2.44. The molecule has 0 bridgehead atoms. The van der Waals surface area contributed by atoms with Crippen LogP contribution in [0.1, 0.15) is 38.1 Å². The molecule has 0 aliphatic rings. The Balaban J connectivity index is 2.27. The van der Waals surface area contributed by atoms with Crippen molar-refractivity contribution in [3.8, 4) is 0 Å². The van der Waals surface area contributed by atoms with E-state index in [9.17, 15) is 0 Å². The van der Waals surface area contributed by atoms with E-state index < -0.39 is 0 Å². The summed E-state index contributed by atoms with van der Waals surface area (Å²) in [6.07, 6.45) is 6.75. The maximum absolute atomic E-state index is 5.53. The quantitative estimate of drug-likeness (QED) is 0.684. The van der Waals surface area contributed by atoms with Gasteiger partial charge in [-0.25, -0.2) is 9.97 Å². The second-order valence-corrected chi connectivity index (χ2v) is 3.70. The monoisotopic (exact) mass is 223 g/mol. The summed E-state index contributed by atoms with van der Waals surface area (Å²) in [7, 11) is 1.92. The predicted octanol–water partition coefficient (Wildman–Crippen LogP) is 1.94. The fourth-order valence-electron chi connectivity index (χ4n) is 1.44. The van der Waals surface area contributed by atoms with Crippen molar-refractivity contribution in [3.05, 3.63) is 24.3 Å². The maximum atomic E-state index is 5.53. The van der Waals surface area contributed by atoms with Gasteiger partial charge in [0.2, 0.25) is 0 Å². The Labute approximate surface area is 97.5 Å². The summed E-state index contributed by atoms with van der Waals surface area (Å²) >= 11 is 0. The number of rotatable bonds is 8. The lowest BCUT2D eigenvalue weighted by Gasteiger charge is -2.14. The average Bonchev–Trinajstić information content (AvgIpc) is 2.35. The van der Waals surface area contributed by atoms with Crippen LogP contribution in [0.15, 0.2) is 18.5 Å². The summed E-state index contributed by atoms with van der Waals surface area (Å²) in [6, 6.07) is 2.01. The standard InChI is InChI=1S/C12H21N3O/c1-3-4-9-16-10-6-11(13-2)12-14-7-5-8-15-12/h5,7-8,11,13H,3-4,6,9-10H2,1-2H3. The molecule has 4 heteroatoms. The third-order valence-corrected chi connectivity index (χ3v) is 2.44.